The van der Waals surface area contributed by atoms with Crippen molar-refractivity contribution in [1.29, 1.82) is 0 Å². The van der Waals surface area contributed by atoms with Gasteiger partial charge in [0.25, 0.3) is 0 Å². The van der Waals surface area contributed by atoms with E-state index in [0.717, 1.165) is 5.76 Å². The second kappa shape index (κ2) is 5.44. The van der Waals surface area contributed by atoms with Crippen LogP contribution >= 0.6 is 15.9 Å². The summed E-state index contributed by atoms with van der Waals surface area (Å²) in [6.07, 6.45) is 1.63. The zero-order chi connectivity index (χ0) is 14.0. The lowest BCUT2D eigenvalue weighted by molar-refractivity contribution is 0.0697. The molecular weight excluding hydrogens is 312 g/mol. The van der Waals surface area contributed by atoms with Gasteiger partial charge >= 0.3 is 5.97 Å². The van der Waals surface area contributed by atoms with Crippen molar-refractivity contribution in [2.45, 2.75) is 19.9 Å². The van der Waals surface area contributed by atoms with Crippen molar-refractivity contribution in [3.05, 3.63) is 46.1 Å². The standard InChI is InChI=1S/C13H13BrN2O3/c1-7-6-15-12(19-7)8(2)16-10-5-3-4-9(14)11(10)13(17)18/h3-6,8,16H,1-2H3,(H,17,18). The fourth-order valence-corrected chi connectivity index (χ4v) is 2.26. The van der Waals surface area contributed by atoms with E-state index >= 15 is 0 Å². The highest BCUT2D eigenvalue weighted by atomic mass is 79.9. The molecule has 0 spiro atoms. The molecule has 0 saturated carbocycles. The van der Waals surface area contributed by atoms with Gasteiger partial charge in [0.15, 0.2) is 0 Å². The third-order valence-electron chi connectivity index (χ3n) is 2.61. The van der Waals surface area contributed by atoms with Gasteiger partial charge < -0.3 is 14.8 Å². The number of halogens is 1. The van der Waals surface area contributed by atoms with Crippen LogP contribution in [0.25, 0.3) is 0 Å². The van der Waals surface area contributed by atoms with E-state index in [-0.39, 0.29) is 11.6 Å². The SMILES string of the molecule is Cc1cnc(C(C)Nc2cccc(Br)c2C(=O)O)o1. The summed E-state index contributed by atoms with van der Waals surface area (Å²) >= 11 is 3.24. The third-order valence-corrected chi connectivity index (χ3v) is 3.27. The van der Waals surface area contributed by atoms with Crippen molar-refractivity contribution in [1.82, 2.24) is 4.98 Å². The van der Waals surface area contributed by atoms with E-state index in [1.165, 1.54) is 0 Å². The Bertz CT molecular complexity index is 610. The average molecular weight is 325 g/mol. The number of aromatic carboxylic acids is 1. The van der Waals surface area contributed by atoms with Crippen molar-refractivity contribution in [3.63, 3.8) is 0 Å². The fourth-order valence-electron chi connectivity index (χ4n) is 1.73. The minimum atomic E-state index is -0.995. The van der Waals surface area contributed by atoms with Crippen molar-refractivity contribution >= 4 is 27.6 Å². The molecule has 1 unspecified atom stereocenters. The number of nitrogens with zero attached hydrogens (tertiary/aromatic N) is 1. The van der Waals surface area contributed by atoms with Gasteiger partial charge in [-0.05, 0) is 41.9 Å². The molecule has 0 amide bonds. The summed E-state index contributed by atoms with van der Waals surface area (Å²) in [5, 5.41) is 12.3. The first-order valence-electron chi connectivity index (χ1n) is 5.69. The number of aromatic nitrogens is 1. The first kappa shape index (κ1) is 13.6. The van der Waals surface area contributed by atoms with Gasteiger partial charge in [-0.2, -0.15) is 0 Å². The summed E-state index contributed by atoms with van der Waals surface area (Å²) in [5.74, 6) is 0.246. The Hall–Kier alpha value is -1.82. The van der Waals surface area contributed by atoms with Crippen molar-refractivity contribution in [2.75, 3.05) is 5.32 Å². The molecular formula is C13H13BrN2O3. The number of carboxylic acids is 1. The van der Waals surface area contributed by atoms with Gasteiger partial charge in [0.2, 0.25) is 5.89 Å². The molecule has 0 aliphatic rings. The van der Waals surface area contributed by atoms with Gasteiger partial charge in [-0.3, -0.25) is 0 Å². The molecule has 0 aliphatic heterocycles. The highest BCUT2D eigenvalue weighted by Crippen LogP contribution is 2.28. The molecule has 5 nitrogen and oxygen atoms in total. The molecule has 0 fully saturated rings. The quantitative estimate of drug-likeness (QED) is 0.898. The molecule has 0 saturated heterocycles. The van der Waals surface area contributed by atoms with Gasteiger partial charge in [-0.1, -0.05) is 6.07 Å². The van der Waals surface area contributed by atoms with Gasteiger partial charge in [0.1, 0.15) is 11.8 Å². The fraction of sp³-hybridized carbons (Fsp3) is 0.231. The Morgan fingerprint density at radius 3 is 2.84 bits per heavy atom. The van der Waals surface area contributed by atoms with Crippen LogP contribution in [0.4, 0.5) is 5.69 Å². The lowest BCUT2D eigenvalue weighted by Crippen LogP contribution is -2.11. The molecule has 6 heteroatoms. The van der Waals surface area contributed by atoms with Crippen LogP contribution in [0.1, 0.15) is 35.0 Å². The Kier molecular flexibility index (Phi) is 3.90. The van der Waals surface area contributed by atoms with Gasteiger partial charge in [0, 0.05) is 4.47 Å². The van der Waals surface area contributed by atoms with Crippen LogP contribution in [0.2, 0.25) is 0 Å². The number of benzene rings is 1. The molecule has 1 heterocycles. The molecule has 1 aromatic carbocycles. The van der Waals surface area contributed by atoms with Gasteiger partial charge in [-0.25, -0.2) is 9.78 Å². The van der Waals surface area contributed by atoms with Crippen LogP contribution in [0.15, 0.2) is 33.3 Å². The maximum Gasteiger partial charge on any atom is 0.338 e. The zero-order valence-corrected chi connectivity index (χ0v) is 12.1. The Labute approximate surface area is 118 Å². The van der Waals surface area contributed by atoms with Crippen LogP contribution in [0, 0.1) is 6.92 Å². The van der Waals surface area contributed by atoms with E-state index in [2.05, 4.69) is 26.2 Å². The van der Waals surface area contributed by atoms with E-state index in [1.807, 2.05) is 13.8 Å². The number of hydrogen-bond donors (Lipinski definition) is 2. The summed E-state index contributed by atoms with van der Waals surface area (Å²) in [7, 11) is 0. The summed E-state index contributed by atoms with van der Waals surface area (Å²) in [4.78, 5) is 15.4. The van der Waals surface area contributed by atoms with Crippen molar-refractivity contribution < 1.29 is 14.3 Å². The van der Waals surface area contributed by atoms with E-state index in [4.69, 9.17) is 4.42 Å². The Morgan fingerprint density at radius 2 is 2.26 bits per heavy atom. The van der Waals surface area contributed by atoms with Crippen molar-refractivity contribution in [2.24, 2.45) is 0 Å². The summed E-state index contributed by atoms with van der Waals surface area (Å²) in [6.45, 7) is 3.67. The predicted octanol–water partition coefficient (Wildman–Crippen LogP) is 3.62. The molecule has 0 radical (unpaired) electrons. The molecule has 0 aliphatic carbocycles. The minimum absolute atomic E-state index is 0.192. The Balaban J connectivity index is 2.28. The topological polar surface area (TPSA) is 75.4 Å². The molecule has 1 aromatic heterocycles. The zero-order valence-electron chi connectivity index (χ0n) is 10.5. The van der Waals surface area contributed by atoms with Gasteiger partial charge in [0.05, 0.1) is 17.4 Å². The molecule has 2 N–H and O–H groups in total. The number of nitrogens with one attached hydrogen (secondary N) is 1. The second-order valence-electron chi connectivity index (χ2n) is 4.14. The lowest BCUT2D eigenvalue weighted by Gasteiger charge is -2.14. The van der Waals surface area contributed by atoms with Crippen LogP contribution in [0.3, 0.4) is 0 Å². The second-order valence-corrected chi connectivity index (χ2v) is 5.00. The van der Waals surface area contributed by atoms with E-state index in [1.54, 1.807) is 24.4 Å². The molecule has 2 aromatic rings. The van der Waals surface area contributed by atoms with E-state index < -0.39 is 5.97 Å². The summed E-state index contributed by atoms with van der Waals surface area (Å²) < 4.78 is 5.94. The molecule has 1 atom stereocenters. The highest BCUT2D eigenvalue weighted by molar-refractivity contribution is 9.10. The maximum absolute atomic E-state index is 11.3. The van der Waals surface area contributed by atoms with Crippen LogP contribution in [-0.4, -0.2) is 16.1 Å². The smallest absolute Gasteiger partial charge is 0.338 e. The summed E-state index contributed by atoms with van der Waals surface area (Å²) in [6, 6.07) is 4.95. The molecule has 100 valence electrons. The van der Waals surface area contributed by atoms with Crippen molar-refractivity contribution in [3.8, 4) is 0 Å². The number of oxazole rings is 1. The van der Waals surface area contributed by atoms with Crippen LogP contribution in [-0.2, 0) is 0 Å². The third kappa shape index (κ3) is 2.96. The van der Waals surface area contributed by atoms with E-state index in [9.17, 15) is 9.90 Å². The number of anilines is 1. The predicted molar refractivity (Wildman–Crippen MR) is 74.4 cm³/mol. The maximum atomic E-state index is 11.3. The number of rotatable bonds is 4. The minimum Gasteiger partial charge on any atom is -0.478 e. The Morgan fingerprint density at radius 1 is 1.53 bits per heavy atom. The number of carbonyl (C=O) groups is 1. The lowest BCUT2D eigenvalue weighted by atomic mass is 10.1. The molecule has 2 rings (SSSR count). The average Bonchev–Trinajstić information content (AvgIpc) is 2.75. The number of carboxylic acid groups (broad SMARTS) is 1. The van der Waals surface area contributed by atoms with Crippen LogP contribution < -0.4 is 5.32 Å². The number of aryl methyl sites for hydroxylation is 1. The summed E-state index contributed by atoms with van der Waals surface area (Å²) in [5.41, 5.74) is 0.711. The van der Waals surface area contributed by atoms with E-state index in [0.29, 0.717) is 16.1 Å². The van der Waals surface area contributed by atoms with Crippen LogP contribution in [0.5, 0.6) is 0 Å². The number of hydrogen-bond acceptors (Lipinski definition) is 4. The highest BCUT2D eigenvalue weighted by Gasteiger charge is 2.17. The molecule has 19 heavy (non-hydrogen) atoms. The first-order valence-corrected chi connectivity index (χ1v) is 6.49. The first-order chi connectivity index (χ1) is 8.99. The molecule has 0 bridgehead atoms. The van der Waals surface area contributed by atoms with Gasteiger partial charge in [-0.15, -0.1) is 0 Å². The normalized spacial score (nSPS) is 12.2. The largest absolute Gasteiger partial charge is 0.478 e. The monoisotopic (exact) mass is 324 g/mol.